The third kappa shape index (κ3) is 3.91. The van der Waals surface area contributed by atoms with Gasteiger partial charge in [-0.3, -0.25) is 9.59 Å². The predicted molar refractivity (Wildman–Crippen MR) is 87.1 cm³/mol. The molecule has 1 amide bonds. The summed E-state index contributed by atoms with van der Waals surface area (Å²) in [6, 6.07) is 8.45. The standard InChI is InChI=1S/C18H24N2O3/c21-17(9-11-20-10-8-14(12-20)18(22)23)19-16-7-3-5-13-4-1-2-6-15(13)16/h1-2,4,6,14,16H,3,5,7-12H2,(H,19,21)(H,22,23). The summed E-state index contributed by atoms with van der Waals surface area (Å²) in [4.78, 5) is 25.3. The summed E-state index contributed by atoms with van der Waals surface area (Å²) in [6.45, 7) is 1.98. The summed E-state index contributed by atoms with van der Waals surface area (Å²) < 4.78 is 0. The third-order valence-electron chi connectivity index (χ3n) is 4.98. The van der Waals surface area contributed by atoms with Crippen molar-refractivity contribution in [1.82, 2.24) is 10.2 Å². The van der Waals surface area contributed by atoms with Crippen molar-refractivity contribution in [2.75, 3.05) is 19.6 Å². The number of fused-ring (bicyclic) bond motifs is 1. The molecular weight excluding hydrogens is 292 g/mol. The number of likely N-dealkylation sites (tertiary alicyclic amines) is 1. The van der Waals surface area contributed by atoms with Crippen LogP contribution in [0.15, 0.2) is 24.3 Å². The monoisotopic (exact) mass is 316 g/mol. The molecule has 124 valence electrons. The van der Waals surface area contributed by atoms with Gasteiger partial charge in [0.25, 0.3) is 0 Å². The number of nitrogens with one attached hydrogen (secondary N) is 1. The number of carbonyl (C=O) groups is 2. The Kier molecular flexibility index (Phi) is 4.96. The fraction of sp³-hybridized carbons (Fsp3) is 0.556. The quantitative estimate of drug-likeness (QED) is 0.871. The van der Waals surface area contributed by atoms with Gasteiger partial charge in [-0.15, -0.1) is 0 Å². The van der Waals surface area contributed by atoms with E-state index in [-0.39, 0.29) is 17.9 Å². The molecule has 2 unspecified atom stereocenters. The number of carboxylic acid groups (broad SMARTS) is 1. The Bertz CT molecular complexity index is 587. The maximum Gasteiger partial charge on any atom is 0.307 e. The van der Waals surface area contributed by atoms with E-state index in [0.29, 0.717) is 25.9 Å². The van der Waals surface area contributed by atoms with E-state index < -0.39 is 5.97 Å². The second-order valence-electron chi connectivity index (χ2n) is 6.59. The lowest BCUT2D eigenvalue weighted by atomic mass is 9.87. The van der Waals surface area contributed by atoms with Crippen LogP contribution >= 0.6 is 0 Å². The largest absolute Gasteiger partial charge is 0.481 e. The SMILES string of the molecule is O=C(CCN1CCC(C(=O)O)C1)NC1CCCc2ccccc21. The summed E-state index contributed by atoms with van der Waals surface area (Å²) in [5.41, 5.74) is 2.59. The van der Waals surface area contributed by atoms with Gasteiger partial charge in [-0.1, -0.05) is 24.3 Å². The van der Waals surface area contributed by atoms with Gasteiger partial charge in [-0.2, -0.15) is 0 Å². The first-order valence-corrected chi connectivity index (χ1v) is 8.46. The Morgan fingerprint density at radius 2 is 2.09 bits per heavy atom. The molecule has 3 rings (SSSR count). The number of hydrogen-bond acceptors (Lipinski definition) is 3. The number of hydrogen-bond donors (Lipinski definition) is 2. The lowest BCUT2D eigenvalue weighted by Gasteiger charge is -2.26. The van der Waals surface area contributed by atoms with Crippen LogP contribution in [0.3, 0.4) is 0 Å². The molecular formula is C18H24N2O3. The average molecular weight is 316 g/mol. The highest BCUT2D eigenvalue weighted by Gasteiger charge is 2.28. The van der Waals surface area contributed by atoms with Crippen molar-refractivity contribution in [2.24, 2.45) is 5.92 Å². The second kappa shape index (κ2) is 7.13. The zero-order valence-electron chi connectivity index (χ0n) is 13.3. The summed E-state index contributed by atoms with van der Waals surface area (Å²) in [5, 5.41) is 12.2. The smallest absolute Gasteiger partial charge is 0.307 e. The molecule has 1 aliphatic heterocycles. The molecule has 5 nitrogen and oxygen atoms in total. The van der Waals surface area contributed by atoms with Crippen LogP contribution in [0, 0.1) is 5.92 Å². The van der Waals surface area contributed by atoms with Gasteiger partial charge in [0.15, 0.2) is 0 Å². The maximum atomic E-state index is 12.2. The molecule has 2 N–H and O–H groups in total. The minimum Gasteiger partial charge on any atom is -0.481 e. The molecule has 1 heterocycles. The molecule has 1 aromatic carbocycles. The zero-order valence-corrected chi connectivity index (χ0v) is 13.3. The summed E-state index contributed by atoms with van der Waals surface area (Å²) >= 11 is 0. The fourth-order valence-electron chi connectivity index (χ4n) is 3.67. The highest BCUT2D eigenvalue weighted by molar-refractivity contribution is 5.76. The van der Waals surface area contributed by atoms with Gasteiger partial charge in [0.1, 0.15) is 0 Å². The van der Waals surface area contributed by atoms with Crippen LogP contribution in [-0.2, 0) is 16.0 Å². The van der Waals surface area contributed by atoms with Crippen molar-refractivity contribution in [1.29, 1.82) is 0 Å². The molecule has 5 heteroatoms. The van der Waals surface area contributed by atoms with E-state index in [2.05, 4.69) is 28.4 Å². The Morgan fingerprint density at radius 3 is 2.87 bits per heavy atom. The second-order valence-corrected chi connectivity index (χ2v) is 6.59. The molecule has 0 spiro atoms. The number of carbonyl (C=O) groups excluding carboxylic acids is 1. The summed E-state index contributed by atoms with van der Waals surface area (Å²) in [7, 11) is 0. The van der Waals surface area contributed by atoms with Crippen molar-refractivity contribution in [3.8, 4) is 0 Å². The molecule has 23 heavy (non-hydrogen) atoms. The number of rotatable bonds is 5. The number of aliphatic carboxylic acids is 1. The van der Waals surface area contributed by atoms with Gasteiger partial charge >= 0.3 is 5.97 Å². The molecule has 2 aliphatic rings. The molecule has 1 aromatic rings. The zero-order chi connectivity index (χ0) is 16.2. The van der Waals surface area contributed by atoms with Gasteiger partial charge in [-0.05, 0) is 43.4 Å². The number of benzene rings is 1. The van der Waals surface area contributed by atoms with E-state index >= 15 is 0 Å². The van der Waals surface area contributed by atoms with Gasteiger partial charge < -0.3 is 15.3 Å². The van der Waals surface area contributed by atoms with Crippen molar-refractivity contribution in [2.45, 2.75) is 38.1 Å². The number of nitrogens with zero attached hydrogens (tertiary/aromatic N) is 1. The van der Waals surface area contributed by atoms with E-state index in [1.54, 1.807) is 0 Å². The van der Waals surface area contributed by atoms with Gasteiger partial charge in [0.05, 0.1) is 12.0 Å². The molecule has 1 aliphatic carbocycles. The van der Waals surface area contributed by atoms with Crippen molar-refractivity contribution < 1.29 is 14.7 Å². The molecule has 1 fully saturated rings. The van der Waals surface area contributed by atoms with Crippen LogP contribution in [0.5, 0.6) is 0 Å². The van der Waals surface area contributed by atoms with Gasteiger partial charge in [0, 0.05) is 19.5 Å². The fourth-order valence-corrected chi connectivity index (χ4v) is 3.67. The lowest BCUT2D eigenvalue weighted by molar-refractivity contribution is -0.141. The Morgan fingerprint density at radius 1 is 1.26 bits per heavy atom. The van der Waals surface area contributed by atoms with E-state index in [0.717, 1.165) is 25.8 Å². The third-order valence-corrected chi connectivity index (χ3v) is 4.98. The minimum absolute atomic E-state index is 0.0606. The van der Waals surface area contributed by atoms with Gasteiger partial charge in [-0.25, -0.2) is 0 Å². The number of aryl methyl sites for hydroxylation is 1. The highest BCUT2D eigenvalue weighted by atomic mass is 16.4. The van der Waals surface area contributed by atoms with Crippen LogP contribution in [0.4, 0.5) is 0 Å². The molecule has 0 aromatic heterocycles. The first-order chi connectivity index (χ1) is 11.1. The number of carboxylic acids is 1. The molecule has 1 saturated heterocycles. The maximum absolute atomic E-state index is 12.2. The molecule has 2 atom stereocenters. The van der Waals surface area contributed by atoms with Crippen LogP contribution in [0.25, 0.3) is 0 Å². The average Bonchev–Trinajstić information content (AvgIpc) is 3.03. The van der Waals surface area contributed by atoms with E-state index in [1.807, 2.05) is 6.07 Å². The van der Waals surface area contributed by atoms with Crippen LogP contribution in [0.2, 0.25) is 0 Å². The van der Waals surface area contributed by atoms with Crippen molar-refractivity contribution >= 4 is 11.9 Å². The van der Waals surface area contributed by atoms with Crippen LogP contribution < -0.4 is 5.32 Å². The Balaban J connectivity index is 1.48. The van der Waals surface area contributed by atoms with E-state index in [4.69, 9.17) is 5.11 Å². The predicted octanol–water partition coefficient (Wildman–Crippen LogP) is 1.98. The first-order valence-electron chi connectivity index (χ1n) is 8.46. The van der Waals surface area contributed by atoms with E-state index in [1.165, 1.54) is 11.1 Å². The topological polar surface area (TPSA) is 69.6 Å². The summed E-state index contributed by atoms with van der Waals surface area (Å²) in [6.07, 6.45) is 4.31. The Hall–Kier alpha value is -1.88. The van der Waals surface area contributed by atoms with E-state index in [9.17, 15) is 9.59 Å². The molecule has 0 saturated carbocycles. The molecule has 0 radical (unpaired) electrons. The number of amides is 1. The lowest BCUT2D eigenvalue weighted by Crippen LogP contribution is -2.34. The van der Waals surface area contributed by atoms with Crippen molar-refractivity contribution in [3.63, 3.8) is 0 Å². The van der Waals surface area contributed by atoms with Crippen LogP contribution in [0.1, 0.15) is 42.9 Å². The van der Waals surface area contributed by atoms with Crippen molar-refractivity contribution in [3.05, 3.63) is 35.4 Å². The first kappa shape index (κ1) is 16.0. The summed E-state index contributed by atoms with van der Waals surface area (Å²) in [5.74, 6) is -0.940. The van der Waals surface area contributed by atoms with Gasteiger partial charge in [0.2, 0.25) is 5.91 Å². The minimum atomic E-state index is -0.726. The molecule has 0 bridgehead atoms. The van der Waals surface area contributed by atoms with Crippen LogP contribution in [-0.4, -0.2) is 41.5 Å². The normalized spacial score (nSPS) is 24.2. The Labute approximate surface area is 136 Å². The highest BCUT2D eigenvalue weighted by Crippen LogP contribution is 2.29.